The third-order valence-electron chi connectivity index (χ3n) is 4.90. The van der Waals surface area contributed by atoms with E-state index in [1.54, 1.807) is 0 Å². The van der Waals surface area contributed by atoms with Crippen LogP contribution in [0.15, 0.2) is 6.20 Å². The molecule has 1 amide bonds. The highest BCUT2D eigenvalue weighted by Gasteiger charge is 2.32. The van der Waals surface area contributed by atoms with Crippen molar-refractivity contribution in [2.75, 3.05) is 13.1 Å². The quantitative estimate of drug-likeness (QED) is 0.866. The van der Waals surface area contributed by atoms with E-state index >= 15 is 0 Å². The average Bonchev–Trinajstić information content (AvgIpc) is 3.19. The fourth-order valence-electron chi connectivity index (χ4n) is 3.76. The summed E-state index contributed by atoms with van der Waals surface area (Å²) in [7, 11) is 2.03. The van der Waals surface area contributed by atoms with E-state index in [1.165, 1.54) is 0 Å². The molecule has 6 nitrogen and oxygen atoms in total. The van der Waals surface area contributed by atoms with Crippen LogP contribution in [0.4, 0.5) is 0 Å². The summed E-state index contributed by atoms with van der Waals surface area (Å²) in [5.41, 5.74) is 3.63. The van der Waals surface area contributed by atoms with Crippen molar-refractivity contribution < 1.29 is 4.79 Å². The molecule has 0 bridgehead atoms. The Balaban J connectivity index is 1.79. The SMILES string of the molecule is CCCn1nc(C)c(C(=O)N2CC[C@@H](c3nc(C)cn3C)C2)c1C. The molecular weight excluding hydrogens is 302 g/mol. The van der Waals surface area contributed by atoms with Crippen LogP contribution < -0.4 is 0 Å². The second-order valence-electron chi connectivity index (χ2n) is 6.86. The summed E-state index contributed by atoms with van der Waals surface area (Å²) >= 11 is 0. The number of likely N-dealkylation sites (tertiary alicyclic amines) is 1. The molecule has 0 spiro atoms. The molecule has 0 N–H and O–H groups in total. The zero-order valence-corrected chi connectivity index (χ0v) is 15.3. The number of rotatable bonds is 4. The van der Waals surface area contributed by atoms with Gasteiger partial charge in [0.1, 0.15) is 5.82 Å². The first-order valence-corrected chi connectivity index (χ1v) is 8.75. The average molecular weight is 329 g/mol. The van der Waals surface area contributed by atoms with E-state index in [0.29, 0.717) is 5.92 Å². The molecule has 0 saturated carbocycles. The maximum atomic E-state index is 13.0. The Hall–Kier alpha value is -2.11. The van der Waals surface area contributed by atoms with E-state index in [-0.39, 0.29) is 5.91 Å². The van der Waals surface area contributed by atoms with Crippen molar-refractivity contribution in [2.45, 2.75) is 53.0 Å². The third kappa shape index (κ3) is 2.85. The monoisotopic (exact) mass is 329 g/mol. The predicted octanol–water partition coefficient (Wildman–Crippen LogP) is 2.58. The zero-order chi connectivity index (χ0) is 17.4. The smallest absolute Gasteiger partial charge is 0.257 e. The fraction of sp³-hybridized carbons (Fsp3) is 0.611. The summed E-state index contributed by atoms with van der Waals surface area (Å²) in [5.74, 6) is 1.51. The number of carbonyl (C=O) groups is 1. The number of hydrogen-bond donors (Lipinski definition) is 0. The standard InChI is InChI=1S/C18H27N5O/c1-6-8-23-14(4)16(13(3)20-23)18(24)22-9-7-15(11-22)17-19-12(2)10-21(17)5/h10,15H,6-9,11H2,1-5H3/t15-/m1/s1. The Morgan fingerprint density at radius 2 is 2.08 bits per heavy atom. The molecule has 1 atom stereocenters. The molecule has 0 aliphatic carbocycles. The van der Waals surface area contributed by atoms with Gasteiger partial charge >= 0.3 is 0 Å². The summed E-state index contributed by atoms with van der Waals surface area (Å²) in [6.45, 7) is 10.4. The summed E-state index contributed by atoms with van der Waals surface area (Å²) in [4.78, 5) is 19.6. The van der Waals surface area contributed by atoms with Crippen LogP contribution >= 0.6 is 0 Å². The summed E-state index contributed by atoms with van der Waals surface area (Å²) in [6.07, 6.45) is 4.03. The minimum absolute atomic E-state index is 0.112. The van der Waals surface area contributed by atoms with Crippen molar-refractivity contribution in [3.63, 3.8) is 0 Å². The van der Waals surface area contributed by atoms with Gasteiger partial charge in [0, 0.05) is 44.5 Å². The van der Waals surface area contributed by atoms with Crippen molar-refractivity contribution >= 4 is 5.91 Å². The van der Waals surface area contributed by atoms with E-state index in [2.05, 4.69) is 21.6 Å². The molecule has 24 heavy (non-hydrogen) atoms. The van der Waals surface area contributed by atoms with Gasteiger partial charge in [-0.15, -0.1) is 0 Å². The summed E-state index contributed by atoms with van der Waals surface area (Å²) in [6, 6.07) is 0. The molecule has 0 radical (unpaired) electrons. The minimum atomic E-state index is 0.112. The third-order valence-corrected chi connectivity index (χ3v) is 4.90. The molecule has 2 aromatic rings. The van der Waals surface area contributed by atoms with E-state index in [9.17, 15) is 4.79 Å². The number of carbonyl (C=O) groups excluding carboxylic acids is 1. The first-order chi connectivity index (χ1) is 11.4. The topological polar surface area (TPSA) is 56.0 Å². The summed E-state index contributed by atoms with van der Waals surface area (Å²) in [5, 5.41) is 4.54. The molecule has 6 heteroatoms. The van der Waals surface area contributed by atoms with E-state index in [4.69, 9.17) is 0 Å². The molecular formula is C18H27N5O. The van der Waals surface area contributed by atoms with Gasteiger partial charge in [0.25, 0.3) is 5.91 Å². The molecule has 3 heterocycles. The van der Waals surface area contributed by atoms with Crippen LogP contribution in [0.3, 0.4) is 0 Å². The van der Waals surface area contributed by atoms with Gasteiger partial charge in [-0.05, 0) is 33.6 Å². The van der Waals surface area contributed by atoms with Crippen LogP contribution in [0.1, 0.15) is 58.9 Å². The molecule has 0 unspecified atom stereocenters. The lowest BCUT2D eigenvalue weighted by Crippen LogP contribution is -2.29. The van der Waals surface area contributed by atoms with Crippen LogP contribution in [-0.4, -0.2) is 43.2 Å². The van der Waals surface area contributed by atoms with Gasteiger partial charge in [0.05, 0.1) is 17.0 Å². The van der Waals surface area contributed by atoms with Gasteiger partial charge in [-0.3, -0.25) is 9.48 Å². The Kier molecular flexibility index (Phi) is 4.47. The number of nitrogens with zero attached hydrogens (tertiary/aromatic N) is 5. The van der Waals surface area contributed by atoms with Crippen LogP contribution in [0.2, 0.25) is 0 Å². The lowest BCUT2D eigenvalue weighted by Gasteiger charge is -2.17. The molecule has 1 aliphatic rings. The van der Waals surface area contributed by atoms with Crippen LogP contribution in [0, 0.1) is 20.8 Å². The number of aryl methyl sites for hydroxylation is 4. The Morgan fingerprint density at radius 1 is 1.33 bits per heavy atom. The lowest BCUT2D eigenvalue weighted by molar-refractivity contribution is 0.0789. The largest absolute Gasteiger partial charge is 0.338 e. The van der Waals surface area contributed by atoms with E-state index in [0.717, 1.165) is 60.9 Å². The number of hydrogen-bond acceptors (Lipinski definition) is 3. The Morgan fingerprint density at radius 3 is 2.71 bits per heavy atom. The summed E-state index contributed by atoms with van der Waals surface area (Å²) < 4.78 is 4.04. The van der Waals surface area contributed by atoms with Gasteiger partial charge in [0.15, 0.2) is 0 Å². The maximum absolute atomic E-state index is 13.0. The highest BCUT2D eigenvalue weighted by atomic mass is 16.2. The second-order valence-corrected chi connectivity index (χ2v) is 6.86. The number of imidazole rings is 1. The lowest BCUT2D eigenvalue weighted by atomic mass is 10.1. The van der Waals surface area contributed by atoms with Crippen molar-refractivity contribution in [3.05, 3.63) is 34.7 Å². The fourth-order valence-corrected chi connectivity index (χ4v) is 3.76. The Labute approximate surface area is 143 Å². The molecule has 130 valence electrons. The first kappa shape index (κ1) is 16.7. The van der Waals surface area contributed by atoms with Gasteiger partial charge in [-0.1, -0.05) is 6.92 Å². The van der Waals surface area contributed by atoms with Gasteiger partial charge < -0.3 is 9.47 Å². The number of amides is 1. The van der Waals surface area contributed by atoms with Crippen molar-refractivity contribution in [1.82, 2.24) is 24.2 Å². The van der Waals surface area contributed by atoms with Crippen molar-refractivity contribution in [1.29, 1.82) is 0 Å². The van der Waals surface area contributed by atoms with Crippen molar-refractivity contribution in [3.8, 4) is 0 Å². The second kappa shape index (κ2) is 6.42. The molecule has 3 rings (SSSR count). The van der Waals surface area contributed by atoms with Crippen LogP contribution in [-0.2, 0) is 13.6 Å². The highest BCUT2D eigenvalue weighted by molar-refractivity contribution is 5.96. The van der Waals surface area contributed by atoms with Crippen LogP contribution in [0.5, 0.6) is 0 Å². The molecule has 1 saturated heterocycles. The van der Waals surface area contributed by atoms with Gasteiger partial charge in [-0.2, -0.15) is 5.10 Å². The highest BCUT2D eigenvalue weighted by Crippen LogP contribution is 2.28. The van der Waals surface area contributed by atoms with Crippen LogP contribution in [0.25, 0.3) is 0 Å². The molecule has 1 fully saturated rings. The minimum Gasteiger partial charge on any atom is -0.338 e. The van der Waals surface area contributed by atoms with E-state index in [1.807, 2.05) is 43.6 Å². The van der Waals surface area contributed by atoms with E-state index < -0.39 is 0 Å². The first-order valence-electron chi connectivity index (χ1n) is 8.75. The molecule has 1 aliphatic heterocycles. The molecule has 0 aromatic carbocycles. The maximum Gasteiger partial charge on any atom is 0.257 e. The number of aromatic nitrogens is 4. The van der Waals surface area contributed by atoms with Gasteiger partial charge in [0.2, 0.25) is 0 Å². The zero-order valence-electron chi connectivity index (χ0n) is 15.3. The molecule has 2 aromatic heterocycles. The van der Waals surface area contributed by atoms with Gasteiger partial charge in [-0.25, -0.2) is 4.98 Å². The van der Waals surface area contributed by atoms with Crippen molar-refractivity contribution in [2.24, 2.45) is 7.05 Å². The normalized spacial score (nSPS) is 17.7. The Bertz CT molecular complexity index is 758. The predicted molar refractivity (Wildman–Crippen MR) is 93.2 cm³/mol.